The van der Waals surface area contributed by atoms with Gasteiger partial charge in [-0.3, -0.25) is 0 Å². The molecule has 118 valence electrons. The van der Waals surface area contributed by atoms with Gasteiger partial charge in [0.25, 0.3) is 0 Å². The topological polar surface area (TPSA) is 49.8 Å². The Morgan fingerprint density at radius 1 is 1.05 bits per heavy atom. The van der Waals surface area contributed by atoms with Gasteiger partial charge in [-0.15, -0.1) is 0 Å². The summed E-state index contributed by atoms with van der Waals surface area (Å²) in [7, 11) is 0. The van der Waals surface area contributed by atoms with Crippen molar-refractivity contribution in [2.24, 2.45) is 0 Å². The number of nitrogens with one attached hydrogen (secondary N) is 2. The lowest BCUT2D eigenvalue weighted by atomic mass is 10.0. The number of hydrogen-bond acceptors (Lipinski definition) is 4. The van der Waals surface area contributed by atoms with E-state index >= 15 is 0 Å². The maximum Gasteiger partial charge on any atom is 0.229 e. The number of para-hydroxylation sites is 1. The molecule has 2 N–H and O–H groups in total. The Labute approximate surface area is 133 Å². The van der Waals surface area contributed by atoms with E-state index in [0.29, 0.717) is 12.0 Å². The Morgan fingerprint density at radius 2 is 1.68 bits per heavy atom. The van der Waals surface area contributed by atoms with Gasteiger partial charge in [0.05, 0.1) is 0 Å². The van der Waals surface area contributed by atoms with Crippen molar-refractivity contribution in [3.05, 3.63) is 41.1 Å². The summed E-state index contributed by atoms with van der Waals surface area (Å²) in [4.78, 5) is 9.11. The molecule has 1 aromatic heterocycles. The molecule has 1 aromatic carbocycles. The van der Waals surface area contributed by atoms with Crippen LogP contribution in [0.25, 0.3) is 0 Å². The van der Waals surface area contributed by atoms with Crippen molar-refractivity contribution in [1.29, 1.82) is 0 Å². The number of anilines is 3. The zero-order valence-electron chi connectivity index (χ0n) is 14.2. The van der Waals surface area contributed by atoms with E-state index in [9.17, 15) is 0 Å². The third kappa shape index (κ3) is 3.97. The van der Waals surface area contributed by atoms with Crippen molar-refractivity contribution >= 4 is 17.5 Å². The predicted molar refractivity (Wildman–Crippen MR) is 94.0 cm³/mol. The van der Waals surface area contributed by atoms with E-state index in [1.165, 1.54) is 11.1 Å². The van der Waals surface area contributed by atoms with Gasteiger partial charge < -0.3 is 10.6 Å². The van der Waals surface area contributed by atoms with Crippen molar-refractivity contribution < 1.29 is 0 Å². The van der Waals surface area contributed by atoms with Crippen LogP contribution in [0, 0.1) is 6.92 Å². The van der Waals surface area contributed by atoms with Crippen molar-refractivity contribution in [3.8, 4) is 0 Å². The second kappa shape index (κ2) is 7.25. The SMILES string of the molecule is CCc1cccc(CC)c1Nc1nc(C)cc(NC(C)C)n1. The molecular formula is C18H26N4. The smallest absolute Gasteiger partial charge is 0.229 e. The van der Waals surface area contributed by atoms with Crippen LogP contribution in [-0.2, 0) is 12.8 Å². The fourth-order valence-electron chi connectivity index (χ4n) is 2.51. The lowest BCUT2D eigenvalue weighted by Crippen LogP contribution is -2.13. The maximum atomic E-state index is 4.59. The summed E-state index contributed by atoms with van der Waals surface area (Å²) in [5.41, 5.74) is 4.69. The van der Waals surface area contributed by atoms with E-state index in [-0.39, 0.29) is 0 Å². The average Bonchev–Trinajstić information content (AvgIpc) is 2.46. The third-order valence-electron chi connectivity index (χ3n) is 3.53. The zero-order valence-corrected chi connectivity index (χ0v) is 14.2. The molecule has 2 aromatic rings. The Bertz CT molecular complexity index is 613. The van der Waals surface area contributed by atoms with Gasteiger partial charge in [-0.25, -0.2) is 4.98 Å². The molecule has 0 bridgehead atoms. The van der Waals surface area contributed by atoms with Crippen LogP contribution in [0.4, 0.5) is 17.5 Å². The normalized spacial score (nSPS) is 10.8. The number of benzene rings is 1. The second-order valence-electron chi connectivity index (χ2n) is 5.80. The first-order valence-electron chi connectivity index (χ1n) is 8.03. The lowest BCUT2D eigenvalue weighted by Gasteiger charge is -2.16. The van der Waals surface area contributed by atoms with Gasteiger partial charge in [0, 0.05) is 23.5 Å². The van der Waals surface area contributed by atoms with Crippen LogP contribution in [0.15, 0.2) is 24.3 Å². The number of aryl methyl sites for hydroxylation is 3. The monoisotopic (exact) mass is 298 g/mol. The van der Waals surface area contributed by atoms with Gasteiger partial charge in [-0.2, -0.15) is 4.98 Å². The van der Waals surface area contributed by atoms with Gasteiger partial charge in [-0.1, -0.05) is 32.0 Å². The molecule has 0 unspecified atom stereocenters. The molecular weight excluding hydrogens is 272 g/mol. The van der Waals surface area contributed by atoms with E-state index in [4.69, 9.17) is 0 Å². The van der Waals surface area contributed by atoms with Gasteiger partial charge in [0.2, 0.25) is 5.95 Å². The van der Waals surface area contributed by atoms with E-state index in [1.807, 2.05) is 13.0 Å². The van der Waals surface area contributed by atoms with Crippen LogP contribution in [0.3, 0.4) is 0 Å². The first-order chi connectivity index (χ1) is 10.5. The molecule has 0 spiro atoms. The Hall–Kier alpha value is -2.10. The fourth-order valence-corrected chi connectivity index (χ4v) is 2.51. The lowest BCUT2D eigenvalue weighted by molar-refractivity contribution is 0.885. The summed E-state index contributed by atoms with van der Waals surface area (Å²) in [5, 5.41) is 6.77. The molecule has 2 rings (SSSR count). The van der Waals surface area contributed by atoms with Gasteiger partial charge in [0.15, 0.2) is 0 Å². The van der Waals surface area contributed by atoms with Crippen LogP contribution in [0.5, 0.6) is 0 Å². The minimum absolute atomic E-state index is 0.344. The molecule has 22 heavy (non-hydrogen) atoms. The Morgan fingerprint density at radius 3 is 2.23 bits per heavy atom. The highest BCUT2D eigenvalue weighted by Crippen LogP contribution is 2.25. The summed E-state index contributed by atoms with van der Waals surface area (Å²) >= 11 is 0. The number of hydrogen-bond donors (Lipinski definition) is 2. The molecule has 1 heterocycles. The van der Waals surface area contributed by atoms with Gasteiger partial charge in [-0.05, 0) is 44.7 Å². The van der Waals surface area contributed by atoms with Crippen LogP contribution in [0.2, 0.25) is 0 Å². The first kappa shape index (κ1) is 16.3. The Kier molecular flexibility index (Phi) is 5.36. The minimum atomic E-state index is 0.344. The minimum Gasteiger partial charge on any atom is -0.368 e. The number of rotatable bonds is 6. The quantitative estimate of drug-likeness (QED) is 0.826. The van der Waals surface area contributed by atoms with E-state index < -0.39 is 0 Å². The highest BCUT2D eigenvalue weighted by Gasteiger charge is 2.09. The molecule has 0 fully saturated rings. The fraction of sp³-hybridized carbons (Fsp3) is 0.444. The number of aromatic nitrogens is 2. The predicted octanol–water partition coefficient (Wildman–Crippen LogP) is 4.47. The van der Waals surface area contributed by atoms with Crippen molar-refractivity contribution in [1.82, 2.24) is 9.97 Å². The molecule has 4 nitrogen and oxygen atoms in total. The summed E-state index contributed by atoms with van der Waals surface area (Å²) in [5.74, 6) is 1.51. The van der Waals surface area contributed by atoms with Crippen LogP contribution in [0.1, 0.15) is 44.5 Å². The average molecular weight is 298 g/mol. The number of nitrogens with zero attached hydrogens (tertiary/aromatic N) is 2. The standard InChI is InChI=1S/C18H26N4/c1-6-14-9-8-10-15(7-2)17(14)22-18-20-13(5)11-16(21-18)19-12(3)4/h8-12H,6-7H2,1-5H3,(H2,19,20,21,22). The summed E-state index contributed by atoms with van der Waals surface area (Å²) in [6, 6.07) is 8.75. The summed E-state index contributed by atoms with van der Waals surface area (Å²) < 4.78 is 0. The molecule has 0 radical (unpaired) electrons. The summed E-state index contributed by atoms with van der Waals surface area (Å²) in [6.45, 7) is 10.5. The molecule has 0 aliphatic rings. The molecule has 4 heteroatoms. The molecule has 0 aliphatic heterocycles. The molecule has 0 amide bonds. The highest BCUT2D eigenvalue weighted by molar-refractivity contribution is 5.64. The van der Waals surface area contributed by atoms with Gasteiger partial charge >= 0.3 is 0 Å². The van der Waals surface area contributed by atoms with Crippen molar-refractivity contribution in [2.75, 3.05) is 10.6 Å². The Balaban J connectivity index is 2.36. The molecule has 0 saturated heterocycles. The van der Waals surface area contributed by atoms with Crippen LogP contribution in [-0.4, -0.2) is 16.0 Å². The zero-order chi connectivity index (χ0) is 16.1. The highest BCUT2D eigenvalue weighted by atomic mass is 15.1. The largest absolute Gasteiger partial charge is 0.368 e. The molecule has 0 saturated carbocycles. The van der Waals surface area contributed by atoms with E-state index in [2.05, 4.69) is 66.5 Å². The second-order valence-corrected chi connectivity index (χ2v) is 5.80. The summed E-state index contributed by atoms with van der Waals surface area (Å²) in [6.07, 6.45) is 1.97. The van der Waals surface area contributed by atoms with Crippen LogP contribution >= 0.6 is 0 Å². The molecule has 0 aliphatic carbocycles. The van der Waals surface area contributed by atoms with Crippen molar-refractivity contribution in [3.63, 3.8) is 0 Å². The van der Waals surface area contributed by atoms with E-state index in [1.54, 1.807) is 0 Å². The molecule has 0 atom stereocenters. The maximum absolute atomic E-state index is 4.59. The third-order valence-corrected chi connectivity index (χ3v) is 3.53. The van der Waals surface area contributed by atoms with E-state index in [0.717, 1.165) is 30.0 Å². The van der Waals surface area contributed by atoms with Crippen LogP contribution < -0.4 is 10.6 Å². The first-order valence-corrected chi connectivity index (χ1v) is 8.03. The van der Waals surface area contributed by atoms with Crippen molar-refractivity contribution in [2.45, 2.75) is 53.5 Å². The van der Waals surface area contributed by atoms with Gasteiger partial charge in [0.1, 0.15) is 5.82 Å².